The highest BCUT2D eigenvalue weighted by Crippen LogP contribution is 2.46. The second kappa shape index (κ2) is 7.34. The van der Waals surface area contributed by atoms with E-state index in [0.717, 1.165) is 11.1 Å². The van der Waals surface area contributed by atoms with E-state index in [1.165, 1.54) is 7.11 Å². The monoisotopic (exact) mass is 406 g/mol. The summed E-state index contributed by atoms with van der Waals surface area (Å²) in [7, 11) is 1.32. The van der Waals surface area contributed by atoms with Crippen molar-refractivity contribution in [2.75, 3.05) is 7.11 Å². The number of H-pyrrole nitrogens is 1. The third-order valence-corrected chi connectivity index (χ3v) is 5.08. The summed E-state index contributed by atoms with van der Waals surface area (Å²) in [5.41, 5.74) is 9.39. The first kappa shape index (κ1) is 18.6. The van der Waals surface area contributed by atoms with Gasteiger partial charge >= 0.3 is 5.97 Å². The number of aromatic nitrogens is 2. The number of methoxy groups -OCH3 is 1. The molecule has 0 unspecified atom stereocenters. The maximum atomic E-state index is 11.8. The van der Waals surface area contributed by atoms with Crippen molar-refractivity contribution in [3.05, 3.63) is 81.7 Å². The van der Waals surface area contributed by atoms with Gasteiger partial charge in [-0.05, 0) is 23.8 Å². The summed E-state index contributed by atoms with van der Waals surface area (Å²) in [6, 6.07) is 16.2. The smallest absolute Gasteiger partial charge is 0.337 e. The second-order valence-electron chi connectivity index (χ2n) is 6.34. The van der Waals surface area contributed by atoms with Crippen LogP contribution < -0.4 is 10.5 Å². The van der Waals surface area contributed by atoms with Gasteiger partial charge in [0.2, 0.25) is 11.8 Å². The summed E-state index contributed by atoms with van der Waals surface area (Å²) in [5, 5.41) is 17.5. The van der Waals surface area contributed by atoms with Crippen LogP contribution in [-0.4, -0.2) is 23.3 Å². The summed E-state index contributed by atoms with van der Waals surface area (Å²) >= 11 is 6.38. The van der Waals surface area contributed by atoms with Gasteiger partial charge in [-0.2, -0.15) is 5.26 Å². The van der Waals surface area contributed by atoms with E-state index in [1.807, 2.05) is 18.2 Å². The van der Waals surface area contributed by atoms with E-state index in [2.05, 4.69) is 16.3 Å². The molecule has 4 rings (SSSR count). The van der Waals surface area contributed by atoms with E-state index < -0.39 is 11.9 Å². The van der Waals surface area contributed by atoms with Gasteiger partial charge in [0.15, 0.2) is 0 Å². The number of fused-ring (bicyclic) bond motifs is 1. The normalized spacial score (nSPS) is 15.3. The van der Waals surface area contributed by atoms with Crippen LogP contribution in [0.4, 0.5) is 0 Å². The Morgan fingerprint density at radius 2 is 2.00 bits per heavy atom. The lowest BCUT2D eigenvalue weighted by Crippen LogP contribution is -2.21. The molecule has 3 aromatic rings. The average Bonchev–Trinajstić information content (AvgIpc) is 3.15. The Hall–Kier alpha value is -3.76. The minimum atomic E-state index is -0.541. The number of esters is 1. The molecule has 2 aromatic carbocycles. The number of allylic oxidation sites excluding steroid dienone is 1. The summed E-state index contributed by atoms with van der Waals surface area (Å²) in [6.45, 7) is 0. The first-order chi connectivity index (χ1) is 14.0. The standard InChI is InChI=1S/C21H15ClN4O3/c1-28-21(27)12-8-6-11(7-9-12)16-14(10-23)19(24)29-20-17(16)18(25-26-20)13-4-2-3-5-15(13)22/h2-9,16H,24H2,1H3,(H,25,26)/t16-/m1/s1. The number of nitrogens with zero attached hydrogens (tertiary/aromatic N) is 2. The van der Waals surface area contributed by atoms with Gasteiger partial charge in [-0.3, -0.25) is 5.10 Å². The van der Waals surface area contributed by atoms with Crippen LogP contribution in [0.3, 0.4) is 0 Å². The molecule has 0 bridgehead atoms. The highest BCUT2D eigenvalue weighted by Gasteiger charge is 2.36. The average molecular weight is 407 g/mol. The van der Waals surface area contributed by atoms with Gasteiger partial charge in [-0.1, -0.05) is 41.9 Å². The Bertz CT molecular complexity index is 1180. The molecule has 1 aliphatic rings. The lowest BCUT2D eigenvalue weighted by atomic mass is 9.83. The third kappa shape index (κ3) is 3.10. The lowest BCUT2D eigenvalue weighted by Gasteiger charge is -2.24. The zero-order chi connectivity index (χ0) is 20.5. The van der Waals surface area contributed by atoms with Crippen molar-refractivity contribution in [1.29, 1.82) is 5.26 Å². The highest BCUT2D eigenvalue weighted by atomic mass is 35.5. The number of carbonyl (C=O) groups excluding carboxylic acids is 1. The predicted molar refractivity (Wildman–Crippen MR) is 106 cm³/mol. The van der Waals surface area contributed by atoms with E-state index in [4.69, 9.17) is 26.8 Å². The Morgan fingerprint density at radius 1 is 1.28 bits per heavy atom. The second-order valence-corrected chi connectivity index (χ2v) is 6.74. The zero-order valence-corrected chi connectivity index (χ0v) is 16.0. The topological polar surface area (TPSA) is 114 Å². The minimum absolute atomic E-state index is 0.0146. The van der Waals surface area contributed by atoms with Gasteiger partial charge in [0.05, 0.1) is 29.8 Å². The predicted octanol–water partition coefficient (Wildman–Crippen LogP) is 3.73. The zero-order valence-electron chi connectivity index (χ0n) is 15.3. The highest BCUT2D eigenvalue weighted by molar-refractivity contribution is 6.33. The Morgan fingerprint density at radius 3 is 2.66 bits per heavy atom. The first-order valence-electron chi connectivity index (χ1n) is 8.64. The molecule has 1 aromatic heterocycles. The van der Waals surface area contributed by atoms with Gasteiger partial charge in [0.25, 0.3) is 0 Å². The number of nitrogens with one attached hydrogen (secondary N) is 1. The molecule has 0 saturated heterocycles. The van der Waals surface area contributed by atoms with Gasteiger partial charge < -0.3 is 15.2 Å². The fraction of sp³-hybridized carbons (Fsp3) is 0.0952. The van der Waals surface area contributed by atoms with Gasteiger partial charge in [0.1, 0.15) is 11.6 Å². The molecule has 144 valence electrons. The first-order valence-corrected chi connectivity index (χ1v) is 9.02. The summed E-state index contributed by atoms with van der Waals surface area (Å²) in [4.78, 5) is 11.8. The van der Waals surface area contributed by atoms with Crippen molar-refractivity contribution in [1.82, 2.24) is 10.2 Å². The number of nitriles is 1. The Kier molecular flexibility index (Phi) is 4.71. The molecule has 8 heteroatoms. The van der Waals surface area contributed by atoms with Crippen molar-refractivity contribution in [2.24, 2.45) is 5.73 Å². The minimum Gasteiger partial charge on any atom is -0.465 e. The van der Waals surface area contributed by atoms with Crippen molar-refractivity contribution < 1.29 is 14.3 Å². The molecule has 0 amide bonds. The summed E-state index contributed by atoms with van der Waals surface area (Å²) in [5.74, 6) is -0.724. The van der Waals surface area contributed by atoms with E-state index in [9.17, 15) is 10.1 Å². The van der Waals surface area contributed by atoms with E-state index >= 15 is 0 Å². The molecule has 0 saturated carbocycles. The van der Waals surface area contributed by atoms with Crippen LogP contribution in [0.15, 0.2) is 60.0 Å². The number of hydrogen-bond acceptors (Lipinski definition) is 6. The molecule has 0 fully saturated rings. The number of aromatic amines is 1. The van der Waals surface area contributed by atoms with Crippen LogP contribution in [-0.2, 0) is 4.74 Å². The molecule has 3 N–H and O–H groups in total. The van der Waals surface area contributed by atoms with Crippen LogP contribution in [0.1, 0.15) is 27.4 Å². The Labute approximate surface area is 171 Å². The fourth-order valence-corrected chi connectivity index (χ4v) is 3.61. The van der Waals surface area contributed by atoms with E-state index in [1.54, 1.807) is 30.3 Å². The summed E-state index contributed by atoms with van der Waals surface area (Å²) < 4.78 is 10.3. The van der Waals surface area contributed by atoms with Crippen LogP contribution in [0, 0.1) is 11.3 Å². The maximum Gasteiger partial charge on any atom is 0.337 e. The molecule has 1 aliphatic heterocycles. The molecular weight excluding hydrogens is 392 g/mol. The number of carbonyl (C=O) groups is 1. The van der Waals surface area contributed by atoms with Crippen molar-refractivity contribution in [3.63, 3.8) is 0 Å². The third-order valence-electron chi connectivity index (χ3n) is 4.75. The van der Waals surface area contributed by atoms with Gasteiger partial charge in [-0.25, -0.2) is 4.79 Å². The van der Waals surface area contributed by atoms with Gasteiger partial charge in [-0.15, -0.1) is 5.10 Å². The number of hydrogen-bond donors (Lipinski definition) is 2. The molecule has 7 nitrogen and oxygen atoms in total. The molecule has 0 radical (unpaired) electrons. The lowest BCUT2D eigenvalue weighted by molar-refractivity contribution is 0.0600. The van der Waals surface area contributed by atoms with Crippen LogP contribution >= 0.6 is 11.6 Å². The number of benzene rings is 2. The number of ether oxygens (including phenoxy) is 2. The molecule has 1 atom stereocenters. The van der Waals surface area contributed by atoms with Gasteiger partial charge in [0, 0.05) is 10.6 Å². The van der Waals surface area contributed by atoms with Crippen molar-refractivity contribution in [3.8, 4) is 23.2 Å². The van der Waals surface area contributed by atoms with Crippen LogP contribution in [0.25, 0.3) is 11.3 Å². The molecule has 0 spiro atoms. The van der Waals surface area contributed by atoms with Crippen molar-refractivity contribution >= 4 is 17.6 Å². The van der Waals surface area contributed by atoms with Crippen LogP contribution in [0.5, 0.6) is 5.88 Å². The summed E-state index contributed by atoms with van der Waals surface area (Å²) in [6.07, 6.45) is 0. The number of halogens is 1. The molecular formula is C21H15ClN4O3. The van der Waals surface area contributed by atoms with Crippen LogP contribution in [0.2, 0.25) is 5.02 Å². The molecule has 29 heavy (non-hydrogen) atoms. The fourth-order valence-electron chi connectivity index (χ4n) is 3.38. The van der Waals surface area contributed by atoms with Crippen molar-refractivity contribution in [2.45, 2.75) is 5.92 Å². The Balaban J connectivity index is 1.90. The maximum absolute atomic E-state index is 11.8. The number of rotatable bonds is 3. The molecule has 0 aliphatic carbocycles. The van der Waals surface area contributed by atoms with E-state index in [0.29, 0.717) is 21.8 Å². The molecule has 2 heterocycles. The quantitative estimate of drug-likeness (QED) is 0.640. The van der Waals surface area contributed by atoms with E-state index in [-0.39, 0.29) is 17.3 Å². The SMILES string of the molecule is COC(=O)c1ccc([C@@H]2C(C#N)=C(N)Oc3n[nH]c(-c4ccccc4Cl)c32)cc1. The number of nitrogens with two attached hydrogens (primary N) is 1. The largest absolute Gasteiger partial charge is 0.465 e.